The average molecular weight is 380 g/mol. The predicted octanol–water partition coefficient (Wildman–Crippen LogP) is 5.15. The molecule has 1 aliphatic carbocycles. The van der Waals surface area contributed by atoms with Crippen LogP contribution >= 0.6 is 0 Å². The second kappa shape index (κ2) is 6.12. The molecule has 6 heteroatoms. The van der Waals surface area contributed by atoms with Crippen molar-refractivity contribution in [1.82, 2.24) is 19.9 Å². The van der Waals surface area contributed by atoms with Crippen LogP contribution < -0.4 is 0 Å². The molecule has 0 N–H and O–H groups in total. The summed E-state index contributed by atoms with van der Waals surface area (Å²) in [7, 11) is 0. The highest BCUT2D eigenvalue weighted by molar-refractivity contribution is 5.69. The van der Waals surface area contributed by atoms with E-state index in [0.717, 1.165) is 23.2 Å². The summed E-state index contributed by atoms with van der Waals surface area (Å²) in [6.45, 7) is 11.0. The predicted molar refractivity (Wildman–Crippen MR) is 104 cm³/mol. The molecule has 144 valence electrons. The molecule has 0 saturated heterocycles. The third-order valence-electron chi connectivity index (χ3n) is 5.55. The van der Waals surface area contributed by atoms with Crippen LogP contribution in [-0.4, -0.2) is 19.9 Å². The fourth-order valence-corrected chi connectivity index (χ4v) is 4.59. The van der Waals surface area contributed by atoms with Crippen LogP contribution in [0, 0.1) is 19.1 Å². The zero-order valence-electron chi connectivity index (χ0n) is 16.6. The van der Waals surface area contributed by atoms with Gasteiger partial charge in [0.25, 0.3) is 0 Å². The molecular formula is C22H22F2N4. The summed E-state index contributed by atoms with van der Waals surface area (Å²) in [5, 5.41) is 0. The fraction of sp³-hybridized carbons (Fsp3) is 0.364. The van der Waals surface area contributed by atoms with Crippen molar-refractivity contribution >= 4 is 0 Å². The number of halogens is 2. The molecule has 0 bridgehead atoms. The summed E-state index contributed by atoms with van der Waals surface area (Å²) in [5.41, 5.74) is 6.18. The maximum atomic E-state index is 13.3. The van der Waals surface area contributed by atoms with E-state index < -0.39 is 12.2 Å². The van der Waals surface area contributed by atoms with E-state index in [2.05, 4.69) is 65.8 Å². The van der Waals surface area contributed by atoms with Gasteiger partial charge in [-0.1, -0.05) is 39.8 Å². The van der Waals surface area contributed by atoms with Gasteiger partial charge in [-0.25, -0.2) is 0 Å². The molecule has 0 aliphatic heterocycles. The quantitative estimate of drug-likeness (QED) is 0.617. The maximum absolute atomic E-state index is 13.3. The molecule has 2 heterocycles. The summed E-state index contributed by atoms with van der Waals surface area (Å²) >= 11 is 0. The van der Waals surface area contributed by atoms with E-state index in [1.165, 1.54) is 11.1 Å². The van der Waals surface area contributed by atoms with E-state index in [9.17, 15) is 8.78 Å². The van der Waals surface area contributed by atoms with Crippen molar-refractivity contribution in [2.24, 2.45) is 0 Å². The van der Waals surface area contributed by atoms with Crippen molar-refractivity contribution in [1.29, 1.82) is 0 Å². The van der Waals surface area contributed by atoms with Crippen molar-refractivity contribution in [3.05, 3.63) is 59.3 Å². The van der Waals surface area contributed by atoms with Gasteiger partial charge >= 0.3 is 12.2 Å². The van der Waals surface area contributed by atoms with Crippen LogP contribution in [0.4, 0.5) is 8.78 Å². The van der Waals surface area contributed by atoms with E-state index in [1.807, 2.05) is 6.92 Å². The first-order valence-corrected chi connectivity index (χ1v) is 9.26. The lowest BCUT2D eigenvalue weighted by molar-refractivity contribution is 0.403. The van der Waals surface area contributed by atoms with Gasteiger partial charge in [0.1, 0.15) is 0 Å². The van der Waals surface area contributed by atoms with Gasteiger partial charge in [0.2, 0.25) is 0 Å². The van der Waals surface area contributed by atoms with E-state index in [1.54, 1.807) is 12.3 Å². The Kier molecular flexibility index (Phi) is 4.07. The summed E-state index contributed by atoms with van der Waals surface area (Å²) in [4.78, 5) is 14.6. The molecule has 0 unspecified atom stereocenters. The molecule has 28 heavy (non-hydrogen) atoms. The van der Waals surface area contributed by atoms with Gasteiger partial charge in [-0.15, -0.1) is 0 Å². The Morgan fingerprint density at radius 2 is 1.46 bits per heavy atom. The van der Waals surface area contributed by atoms with Crippen molar-refractivity contribution in [3.63, 3.8) is 0 Å². The van der Waals surface area contributed by atoms with Crippen LogP contribution in [0.1, 0.15) is 50.8 Å². The summed E-state index contributed by atoms with van der Waals surface area (Å²) in [6, 6.07) is 8.31. The molecule has 1 aromatic carbocycles. The number of rotatable bonds is 2. The van der Waals surface area contributed by atoms with Crippen LogP contribution in [0.15, 0.2) is 30.5 Å². The smallest absolute Gasteiger partial charge is 0.255 e. The van der Waals surface area contributed by atoms with Gasteiger partial charge in [-0.05, 0) is 53.0 Å². The van der Waals surface area contributed by atoms with Gasteiger partial charge in [-0.3, -0.25) is 4.98 Å². The van der Waals surface area contributed by atoms with E-state index >= 15 is 0 Å². The first-order chi connectivity index (χ1) is 13.1. The highest BCUT2D eigenvalue weighted by Crippen LogP contribution is 2.50. The standard InChI is InChI=1S/C22H22F2N4/c1-12-8-14(18-26-19(23)28-20(24)27-18)10-25-17(12)13-6-7-15-16(9-13)22(4,5)11-21(15,2)3/h6-10H,11H2,1-5H3. The van der Waals surface area contributed by atoms with Crippen molar-refractivity contribution in [2.45, 2.75) is 51.9 Å². The van der Waals surface area contributed by atoms with Gasteiger partial charge in [-0.2, -0.15) is 23.7 Å². The molecule has 2 aromatic heterocycles. The number of nitrogens with zero attached hydrogens (tertiary/aromatic N) is 4. The lowest BCUT2D eigenvalue weighted by Crippen LogP contribution is -2.17. The minimum atomic E-state index is -1.15. The van der Waals surface area contributed by atoms with Gasteiger partial charge < -0.3 is 0 Å². The highest BCUT2D eigenvalue weighted by Gasteiger charge is 2.41. The Bertz CT molecular complexity index is 1070. The van der Waals surface area contributed by atoms with E-state index in [-0.39, 0.29) is 16.7 Å². The van der Waals surface area contributed by atoms with Crippen molar-refractivity contribution in [2.75, 3.05) is 0 Å². The van der Waals surface area contributed by atoms with E-state index in [4.69, 9.17) is 0 Å². The lowest BCUT2D eigenvalue weighted by Gasteiger charge is -2.22. The number of aryl methyl sites for hydroxylation is 1. The number of hydrogen-bond donors (Lipinski definition) is 0. The number of fused-ring (bicyclic) bond motifs is 1. The Balaban J connectivity index is 1.77. The molecule has 0 spiro atoms. The largest absolute Gasteiger partial charge is 0.314 e. The Hall–Kier alpha value is -2.76. The molecule has 1 aliphatic rings. The van der Waals surface area contributed by atoms with Crippen LogP contribution in [0.25, 0.3) is 22.6 Å². The van der Waals surface area contributed by atoms with Gasteiger partial charge in [0, 0.05) is 17.3 Å². The monoisotopic (exact) mass is 380 g/mol. The second-order valence-electron chi connectivity index (χ2n) is 8.79. The molecule has 0 radical (unpaired) electrons. The molecule has 0 amide bonds. The minimum Gasteiger partial charge on any atom is -0.255 e. The minimum absolute atomic E-state index is 0.0658. The van der Waals surface area contributed by atoms with Crippen LogP contribution in [0.5, 0.6) is 0 Å². The highest BCUT2D eigenvalue weighted by atomic mass is 19.1. The lowest BCUT2D eigenvalue weighted by atomic mass is 9.82. The third kappa shape index (κ3) is 3.07. The molecule has 0 fully saturated rings. The van der Waals surface area contributed by atoms with Crippen molar-refractivity contribution < 1.29 is 8.78 Å². The zero-order chi connectivity index (χ0) is 20.3. The number of benzene rings is 1. The van der Waals surface area contributed by atoms with Crippen LogP contribution in [-0.2, 0) is 10.8 Å². The first kappa shape index (κ1) is 18.6. The molecule has 0 atom stereocenters. The average Bonchev–Trinajstić information content (AvgIpc) is 2.78. The van der Waals surface area contributed by atoms with Crippen molar-refractivity contribution in [3.8, 4) is 22.6 Å². The molecular weight excluding hydrogens is 358 g/mol. The summed E-state index contributed by atoms with van der Waals surface area (Å²) in [5.74, 6) is -0.0658. The Morgan fingerprint density at radius 3 is 2.11 bits per heavy atom. The van der Waals surface area contributed by atoms with Crippen LogP contribution in [0.2, 0.25) is 0 Å². The van der Waals surface area contributed by atoms with E-state index in [0.29, 0.717) is 5.56 Å². The maximum Gasteiger partial charge on any atom is 0.314 e. The number of pyridine rings is 1. The number of hydrogen-bond acceptors (Lipinski definition) is 4. The summed E-state index contributed by atoms with van der Waals surface area (Å²) in [6.07, 6.45) is 0.347. The second-order valence-corrected chi connectivity index (χ2v) is 8.79. The molecule has 4 rings (SSSR count). The summed E-state index contributed by atoms with van der Waals surface area (Å²) < 4.78 is 26.6. The zero-order valence-corrected chi connectivity index (χ0v) is 16.6. The molecule has 3 aromatic rings. The van der Waals surface area contributed by atoms with Gasteiger partial charge in [0.15, 0.2) is 5.82 Å². The number of aromatic nitrogens is 4. The Labute approximate surface area is 163 Å². The van der Waals surface area contributed by atoms with Gasteiger partial charge in [0.05, 0.1) is 5.69 Å². The molecule has 0 saturated carbocycles. The topological polar surface area (TPSA) is 51.6 Å². The fourth-order valence-electron chi connectivity index (χ4n) is 4.59. The third-order valence-corrected chi connectivity index (χ3v) is 5.55. The normalized spacial score (nSPS) is 16.8. The Morgan fingerprint density at radius 1 is 0.821 bits per heavy atom. The first-order valence-electron chi connectivity index (χ1n) is 9.26. The SMILES string of the molecule is Cc1cc(-c2nc(F)nc(F)n2)cnc1-c1ccc2c(c1)C(C)(C)CC2(C)C. The van der Waals surface area contributed by atoms with Crippen LogP contribution in [0.3, 0.4) is 0 Å². The molecule has 4 nitrogen and oxygen atoms in total.